The fourth-order valence-electron chi connectivity index (χ4n) is 0. The van der Waals surface area contributed by atoms with E-state index < -0.39 is 8.25 Å². The molecule has 0 spiro atoms. The van der Waals surface area contributed by atoms with Crippen LogP contribution in [-0.4, -0.2) is 0 Å². The van der Waals surface area contributed by atoms with Crippen molar-refractivity contribution >= 4 is 18.2 Å². The van der Waals surface area contributed by atoms with Crippen molar-refractivity contribution in [2.45, 2.75) is 0 Å². The molecule has 6 heavy (non-hydrogen) atoms. The molecule has 0 saturated heterocycles. The topological polar surface area (TPSA) is 63.2 Å². The van der Waals surface area contributed by atoms with Crippen LogP contribution in [0.2, 0.25) is 0 Å². The third kappa shape index (κ3) is 73.1. The van der Waals surface area contributed by atoms with E-state index in [2.05, 4.69) is 0 Å². The summed E-state index contributed by atoms with van der Waals surface area (Å²) in [5.74, 6) is 0. The normalized spacial score (nSPS) is 5.83. The fraction of sp³-hybridized carbons (Fsp3) is 0. The molecule has 42 valence electrons. The van der Waals surface area contributed by atoms with Gasteiger partial charge in [0.15, 0.2) is 0 Å². The van der Waals surface area contributed by atoms with Crippen molar-refractivity contribution in [1.82, 2.24) is 0 Å². The van der Waals surface area contributed by atoms with Gasteiger partial charge in [0.1, 0.15) is 0 Å². The van der Waals surface area contributed by atoms with Crippen LogP contribution >= 0.6 is 18.2 Å². The first kappa shape index (κ1) is 15.7. The second-order valence-electron chi connectivity index (χ2n) is 0.250. The Hall–Kier alpha value is 1.07. The van der Waals surface area contributed by atoms with Crippen molar-refractivity contribution in [3.8, 4) is 0 Å². The molecule has 0 bridgehead atoms. The molecule has 0 aliphatic carbocycles. The molecule has 1 atom stereocenters. The Morgan fingerprint density at radius 1 is 1.33 bits per heavy atom. The second-order valence-corrected chi connectivity index (χ2v) is 0.750. The molecule has 6 heteroatoms. The van der Waals surface area contributed by atoms with E-state index in [1.807, 2.05) is 0 Å². The van der Waals surface area contributed by atoms with E-state index in [9.17, 15) is 0 Å². The summed E-state index contributed by atoms with van der Waals surface area (Å²) < 4.78 is 8.52. The van der Waals surface area contributed by atoms with Gasteiger partial charge in [-0.05, 0) is 0 Å². The van der Waals surface area contributed by atoms with Crippen LogP contribution in [0.3, 0.4) is 0 Å². The van der Waals surface area contributed by atoms with Gasteiger partial charge < -0.3 is 14.4 Å². The third-order valence-corrected chi connectivity index (χ3v) is 0. The zero-order chi connectivity index (χ0) is 3.58. The van der Waals surface area contributed by atoms with Gasteiger partial charge in [-0.15, -0.1) is 0 Å². The van der Waals surface area contributed by atoms with E-state index in [0.29, 0.717) is 0 Å². The minimum absolute atomic E-state index is 0. The quantitative estimate of drug-likeness (QED) is 0.319. The predicted molar refractivity (Wildman–Crippen MR) is 20.1 cm³/mol. The summed E-state index contributed by atoms with van der Waals surface area (Å²) in [6, 6.07) is 0. The van der Waals surface area contributed by atoms with Gasteiger partial charge in [-0.1, -0.05) is 8.25 Å². The third-order valence-electron chi connectivity index (χ3n) is 0. The van der Waals surface area contributed by atoms with Gasteiger partial charge in [0.25, 0.3) is 0 Å². The van der Waals surface area contributed by atoms with E-state index >= 15 is 0 Å². The molecule has 0 saturated carbocycles. The molecule has 0 rings (SSSR count). The average Bonchev–Trinajstić information content (AvgIpc) is 0.811. The maximum Gasteiger partial charge on any atom is 2.00 e. The van der Waals surface area contributed by atoms with E-state index in [1.54, 1.807) is 0 Å². The van der Waals surface area contributed by atoms with Crippen LogP contribution < -0.4 is 9.79 Å². The van der Waals surface area contributed by atoms with Gasteiger partial charge in [0.05, 0.1) is 0 Å². The first-order chi connectivity index (χ1) is 1.73. The molecule has 3 nitrogen and oxygen atoms in total. The van der Waals surface area contributed by atoms with Gasteiger partial charge in [0, 0.05) is 0 Å². The second kappa shape index (κ2) is 9.42. The molecule has 0 fully saturated rings. The van der Waals surface area contributed by atoms with Crippen LogP contribution in [0.1, 0.15) is 0 Å². The summed E-state index contributed by atoms with van der Waals surface area (Å²) in [5.41, 5.74) is 0. The SMILES string of the molecule is O=[PH]([O-])[O-].P.[Ni+2]. The predicted octanol–water partition coefficient (Wildman–Crippen LogP) is -1.85. The first-order valence-corrected chi connectivity index (χ1v) is 1.84. The zero-order valence-corrected chi connectivity index (χ0v) is 6.15. The average molecular weight is 173 g/mol. The van der Waals surface area contributed by atoms with E-state index in [-0.39, 0.29) is 26.4 Å². The molecule has 0 aromatic rings. The van der Waals surface area contributed by atoms with Crippen molar-refractivity contribution in [2.24, 2.45) is 0 Å². The van der Waals surface area contributed by atoms with Crippen molar-refractivity contribution in [3.63, 3.8) is 0 Å². The minimum atomic E-state index is -3.63. The maximum atomic E-state index is 8.52. The van der Waals surface area contributed by atoms with Crippen LogP contribution in [0, 0.1) is 0 Å². The van der Waals surface area contributed by atoms with Crippen LogP contribution in [0.5, 0.6) is 0 Å². The smallest absolute Gasteiger partial charge is 0.813 e. The fourth-order valence-corrected chi connectivity index (χ4v) is 0. The summed E-state index contributed by atoms with van der Waals surface area (Å²) >= 11 is 0. The molecule has 0 aromatic heterocycles. The van der Waals surface area contributed by atoms with Crippen LogP contribution in [0.4, 0.5) is 0 Å². The van der Waals surface area contributed by atoms with E-state index in [0.717, 1.165) is 0 Å². The zero-order valence-electron chi connectivity index (χ0n) is 2.75. The van der Waals surface area contributed by atoms with Gasteiger partial charge in [-0.3, -0.25) is 0 Å². The summed E-state index contributed by atoms with van der Waals surface area (Å²) in [7, 11) is -3.63. The Bertz CT molecular complexity index is 31.8. The summed E-state index contributed by atoms with van der Waals surface area (Å²) in [5, 5.41) is 0. The Labute approximate surface area is 49.6 Å². The minimum Gasteiger partial charge on any atom is -0.813 e. The molecule has 0 heterocycles. The van der Waals surface area contributed by atoms with Gasteiger partial charge in [-0.2, -0.15) is 9.90 Å². The molecule has 0 radical (unpaired) electrons. The Morgan fingerprint density at radius 2 is 1.33 bits per heavy atom. The molecule has 0 aliphatic rings. The van der Waals surface area contributed by atoms with Crippen LogP contribution in [0.25, 0.3) is 0 Å². The summed E-state index contributed by atoms with van der Waals surface area (Å²) in [6.07, 6.45) is 0. The van der Waals surface area contributed by atoms with Gasteiger partial charge in [0.2, 0.25) is 0 Å². The van der Waals surface area contributed by atoms with E-state index in [4.69, 9.17) is 14.4 Å². The van der Waals surface area contributed by atoms with E-state index in [1.165, 1.54) is 0 Å². The van der Waals surface area contributed by atoms with Crippen molar-refractivity contribution in [3.05, 3.63) is 0 Å². The van der Waals surface area contributed by atoms with Crippen molar-refractivity contribution in [2.75, 3.05) is 0 Å². The Kier molecular flexibility index (Phi) is 24.7. The number of hydrogen-bond acceptors (Lipinski definition) is 3. The molecular weight excluding hydrogens is 169 g/mol. The number of rotatable bonds is 0. The van der Waals surface area contributed by atoms with Crippen LogP contribution in [0.15, 0.2) is 0 Å². The monoisotopic (exact) mass is 172 g/mol. The molecule has 1 unspecified atom stereocenters. The number of hydrogen-bond donors (Lipinski definition) is 0. The Morgan fingerprint density at radius 3 is 1.33 bits per heavy atom. The molecular formula is H4NiO3P2. The summed E-state index contributed by atoms with van der Waals surface area (Å²) in [4.78, 5) is 17.0. The Balaban J connectivity index is -0.0000000450. The molecule has 0 N–H and O–H groups in total. The van der Waals surface area contributed by atoms with Crippen molar-refractivity contribution < 1.29 is 30.8 Å². The largest absolute Gasteiger partial charge is 2.00 e. The maximum absolute atomic E-state index is 8.52. The molecule has 0 amide bonds. The van der Waals surface area contributed by atoms with Crippen molar-refractivity contribution in [1.29, 1.82) is 0 Å². The standard InChI is InChI=1S/Ni.H3O3P.H3P/c;1-4(2)3;/h;4H,(H2,1,2,3);1H3/q+2;;/p-2. The first-order valence-electron chi connectivity index (χ1n) is 0.612. The molecule has 0 aromatic carbocycles. The van der Waals surface area contributed by atoms with Gasteiger partial charge >= 0.3 is 16.5 Å². The summed E-state index contributed by atoms with van der Waals surface area (Å²) in [6.45, 7) is 0. The molecule has 0 aliphatic heterocycles. The van der Waals surface area contributed by atoms with Gasteiger partial charge in [-0.25, -0.2) is 0 Å². The van der Waals surface area contributed by atoms with Crippen LogP contribution in [-0.2, 0) is 21.1 Å².